The fraction of sp³-hybridized carbons (Fsp3) is 0.133. The summed E-state index contributed by atoms with van der Waals surface area (Å²) in [6.45, 7) is -0.139. The van der Waals surface area contributed by atoms with Gasteiger partial charge in [0.25, 0.3) is 5.91 Å². The number of amides is 1. The molecule has 0 aromatic heterocycles. The van der Waals surface area contributed by atoms with E-state index in [0.717, 1.165) is 10.0 Å². The zero-order valence-corrected chi connectivity index (χ0v) is 11.8. The van der Waals surface area contributed by atoms with Crippen molar-refractivity contribution in [3.05, 3.63) is 70.2 Å². The molecule has 0 heterocycles. The van der Waals surface area contributed by atoms with E-state index in [0.29, 0.717) is 5.56 Å². The minimum absolute atomic E-state index is 0.139. The van der Waals surface area contributed by atoms with Crippen LogP contribution in [0.3, 0.4) is 0 Å². The number of aliphatic hydroxyl groups is 1. The molecule has 1 unspecified atom stereocenters. The van der Waals surface area contributed by atoms with Gasteiger partial charge >= 0.3 is 0 Å². The second-order valence-corrected chi connectivity index (χ2v) is 4.95. The molecule has 0 saturated heterocycles. The fourth-order valence-corrected chi connectivity index (χ4v) is 2.27. The average molecular weight is 320 g/mol. The number of hydrogen-bond donors (Lipinski definition) is 2. The van der Waals surface area contributed by atoms with Crippen molar-refractivity contribution in [2.24, 2.45) is 0 Å². The van der Waals surface area contributed by atoms with E-state index in [1.807, 2.05) is 42.5 Å². The Morgan fingerprint density at radius 3 is 2.37 bits per heavy atom. The highest BCUT2D eigenvalue weighted by molar-refractivity contribution is 9.10. The molecule has 0 fully saturated rings. The van der Waals surface area contributed by atoms with Gasteiger partial charge in [0, 0.05) is 4.47 Å². The van der Waals surface area contributed by atoms with Gasteiger partial charge in [-0.05, 0) is 33.6 Å². The summed E-state index contributed by atoms with van der Waals surface area (Å²) in [5.74, 6) is -0.213. The van der Waals surface area contributed by atoms with E-state index >= 15 is 0 Å². The summed E-state index contributed by atoms with van der Waals surface area (Å²) in [5, 5.41) is 12.2. The molecule has 1 atom stereocenters. The van der Waals surface area contributed by atoms with Crippen LogP contribution in [0.1, 0.15) is 22.0 Å². The molecule has 0 spiro atoms. The van der Waals surface area contributed by atoms with Gasteiger partial charge in [-0.15, -0.1) is 0 Å². The molecule has 98 valence electrons. The molecular weight excluding hydrogens is 306 g/mol. The van der Waals surface area contributed by atoms with Gasteiger partial charge in [0.05, 0.1) is 18.2 Å². The van der Waals surface area contributed by atoms with E-state index in [1.54, 1.807) is 12.1 Å². The van der Waals surface area contributed by atoms with E-state index < -0.39 is 6.04 Å². The van der Waals surface area contributed by atoms with Crippen LogP contribution in [-0.2, 0) is 0 Å². The summed E-state index contributed by atoms with van der Waals surface area (Å²) in [7, 11) is 0. The van der Waals surface area contributed by atoms with Crippen molar-refractivity contribution in [1.29, 1.82) is 0 Å². The number of carbonyl (C=O) groups excluding carboxylic acids is 1. The van der Waals surface area contributed by atoms with Gasteiger partial charge in [-0.3, -0.25) is 4.79 Å². The number of rotatable bonds is 4. The van der Waals surface area contributed by atoms with Gasteiger partial charge in [0.15, 0.2) is 0 Å². The van der Waals surface area contributed by atoms with Gasteiger partial charge < -0.3 is 10.4 Å². The Balaban J connectivity index is 2.16. The van der Waals surface area contributed by atoms with Gasteiger partial charge in [0.2, 0.25) is 0 Å². The average Bonchev–Trinajstić information content (AvgIpc) is 2.46. The second kappa shape index (κ2) is 6.50. The largest absolute Gasteiger partial charge is 0.394 e. The summed E-state index contributed by atoms with van der Waals surface area (Å²) in [6.07, 6.45) is 0. The van der Waals surface area contributed by atoms with Crippen molar-refractivity contribution in [1.82, 2.24) is 5.32 Å². The third kappa shape index (κ3) is 3.43. The molecule has 1 amide bonds. The van der Waals surface area contributed by atoms with Crippen LogP contribution >= 0.6 is 15.9 Å². The number of nitrogens with one attached hydrogen (secondary N) is 1. The molecule has 0 aliphatic heterocycles. The SMILES string of the molecule is O=C(NC(CO)c1ccccc1)c1ccccc1Br. The van der Waals surface area contributed by atoms with E-state index in [-0.39, 0.29) is 12.5 Å². The summed E-state index contributed by atoms with van der Waals surface area (Å²) in [4.78, 5) is 12.2. The zero-order valence-electron chi connectivity index (χ0n) is 10.2. The van der Waals surface area contributed by atoms with Crippen LogP contribution in [0.2, 0.25) is 0 Å². The highest BCUT2D eigenvalue weighted by Crippen LogP contribution is 2.18. The molecular formula is C15H14BrNO2. The number of benzene rings is 2. The van der Waals surface area contributed by atoms with Gasteiger partial charge in [0.1, 0.15) is 0 Å². The number of carbonyl (C=O) groups is 1. The topological polar surface area (TPSA) is 49.3 Å². The normalized spacial score (nSPS) is 11.9. The molecule has 0 aliphatic carbocycles. The summed E-state index contributed by atoms with van der Waals surface area (Å²) >= 11 is 3.34. The van der Waals surface area contributed by atoms with Gasteiger partial charge in [-0.2, -0.15) is 0 Å². The zero-order chi connectivity index (χ0) is 13.7. The smallest absolute Gasteiger partial charge is 0.252 e. The number of hydrogen-bond acceptors (Lipinski definition) is 2. The Labute approximate surface area is 120 Å². The molecule has 0 bridgehead atoms. The van der Waals surface area contributed by atoms with Gasteiger partial charge in [-0.25, -0.2) is 0 Å². The molecule has 4 heteroatoms. The van der Waals surface area contributed by atoms with Crippen LogP contribution in [0.4, 0.5) is 0 Å². The van der Waals surface area contributed by atoms with Crippen LogP contribution in [0.25, 0.3) is 0 Å². The molecule has 2 rings (SSSR count). The Hall–Kier alpha value is -1.65. The van der Waals surface area contributed by atoms with Crippen LogP contribution < -0.4 is 5.32 Å². The fourth-order valence-electron chi connectivity index (χ4n) is 1.80. The van der Waals surface area contributed by atoms with Crippen LogP contribution in [-0.4, -0.2) is 17.6 Å². The van der Waals surface area contributed by atoms with Gasteiger partial charge in [-0.1, -0.05) is 42.5 Å². The molecule has 2 N–H and O–H groups in total. The lowest BCUT2D eigenvalue weighted by Gasteiger charge is -2.17. The highest BCUT2D eigenvalue weighted by Gasteiger charge is 2.16. The standard InChI is InChI=1S/C15H14BrNO2/c16-13-9-5-4-8-12(13)15(19)17-14(10-18)11-6-2-1-3-7-11/h1-9,14,18H,10H2,(H,17,19). The van der Waals surface area contributed by atoms with Crippen molar-refractivity contribution in [2.45, 2.75) is 6.04 Å². The lowest BCUT2D eigenvalue weighted by molar-refractivity contribution is 0.0915. The van der Waals surface area contributed by atoms with Crippen molar-refractivity contribution < 1.29 is 9.90 Å². The molecule has 2 aromatic carbocycles. The van der Waals surface area contributed by atoms with Crippen molar-refractivity contribution in [2.75, 3.05) is 6.61 Å². The Morgan fingerprint density at radius 2 is 1.74 bits per heavy atom. The van der Waals surface area contributed by atoms with Crippen molar-refractivity contribution in [3.8, 4) is 0 Å². The molecule has 19 heavy (non-hydrogen) atoms. The lowest BCUT2D eigenvalue weighted by Crippen LogP contribution is -2.30. The maximum absolute atomic E-state index is 12.2. The summed E-state index contributed by atoms with van der Waals surface area (Å²) < 4.78 is 0.734. The van der Waals surface area contributed by atoms with Crippen LogP contribution in [0.15, 0.2) is 59.1 Å². The number of halogens is 1. The predicted octanol–water partition coefficient (Wildman–Crippen LogP) is 2.91. The number of aliphatic hydroxyl groups excluding tert-OH is 1. The second-order valence-electron chi connectivity index (χ2n) is 4.10. The maximum atomic E-state index is 12.2. The van der Waals surface area contributed by atoms with E-state index in [4.69, 9.17) is 0 Å². The lowest BCUT2D eigenvalue weighted by atomic mass is 10.1. The monoisotopic (exact) mass is 319 g/mol. The predicted molar refractivity (Wildman–Crippen MR) is 77.9 cm³/mol. The molecule has 0 saturated carbocycles. The molecule has 3 nitrogen and oxygen atoms in total. The quantitative estimate of drug-likeness (QED) is 0.910. The van der Waals surface area contributed by atoms with Crippen LogP contribution in [0.5, 0.6) is 0 Å². The summed E-state index contributed by atoms with van der Waals surface area (Å²) in [5.41, 5.74) is 1.43. The van der Waals surface area contributed by atoms with E-state index in [9.17, 15) is 9.90 Å². The Morgan fingerprint density at radius 1 is 1.11 bits per heavy atom. The van der Waals surface area contributed by atoms with E-state index in [1.165, 1.54) is 0 Å². The molecule has 0 aliphatic rings. The first-order valence-electron chi connectivity index (χ1n) is 5.93. The highest BCUT2D eigenvalue weighted by atomic mass is 79.9. The van der Waals surface area contributed by atoms with Crippen molar-refractivity contribution >= 4 is 21.8 Å². The first-order chi connectivity index (χ1) is 9.22. The minimum atomic E-state index is -0.402. The first kappa shape index (κ1) is 13.8. The molecule has 0 radical (unpaired) electrons. The third-order valence-electron chi connectivity index (χ3n) is 2.81. The minimum Gasteiger partial charge on any atom is -0.394 e. The summed E-state index contributed by atoms with van der Waals surface area (Å²) in [6, 6.07) is 16.2. The van der Waals surface area contributed by atoms with Crippen LogP contribution in [0, 0.1) is 0 Å². The maximum Gasteiger partial charge on any atom is 0.252 e. The first-order valence-corrected chi connectivity index (χ1v) is 6.73. The van der Waals surface area contributed by atoms with Crippen molar-refractivity contribution in [3.63, 3.8) is 0 Å². The van der Waals surface area contributed by atoms with E-state index in [2.05, 4.69) is 21.2 Å². The Bertz CT molecular complexity index is 557. The Kier molecular flexibility index (Phi) is 4.71. The third-order valence-corrected chi connectivity index (χ3v) is 3.50. The molecule has 2 aromatic rings.